The number of rotatable bonds is 3. The van der Waals surface area contributed by atoms with Crippen LogP contribution in [0.1, 0.15) is 37.9 Å². The zero-order valence-corrected chi connectivity index (χ0v) is 12.2. The largest absolute Gasteiger partial charge is 0.467 e. The van der Waals surface area contributed by atoms with Crippen molar-refractivity contribution in [3.8, 4) is 0 Å². The molecule has 96 valence electrons. The van der Waals surface area contributed by atoms with Crippen molar-refractivity contribution in [2.75, 3.05) is 0 Å². The van der Waals surface area contributed by atoms with E-state index in [-0.39, 0.29) is 24.0 Å². The molecule has 1 aliphatic rings. The maximum absolute atomic E-state index is 5.82. The Bertz CT molecular complexity index is 332. The molecule has 3 N–H and O–H groups in total. The second-order valence-electron chi connectivity index (χ2n) is 4.26. The molecule has 0 spiro atoms. The highest BCUT2D eigenvalue weighted by atomic mass is 127. The van der Waals surface area contributed by atoms with E-state index >= 15 is 0 Å². The summed E-state index contributed by atoms with van der Waals surface area (Å²) in [7, 11) is 0. The van der Waals surface area contributed by atoms with Crippen LogP contribution < -0.4 is 11.1 Å². The number of hydrogen-bond acceptors (Lipinski definition) is 2. The molecule has 1 aromatic rings. The molecule has 1 fully saturated rings. The van der Waals surface area contributed by atoms with Gasteiger partial charge in [-0.1, -0.05) is 19.3 Å². The Hall–Kier alpha value is -0.720. The summed E-state index contributed by atoms with van der Waals surface area (Å²) in [5.41, 5.74) is 5.82. The summed E-state index contributed by atoms with van der Waals surface area (Å²) < 4.78 is 5.18. The second-order valence-corrected chi connectivity index (χ2v) is 4.26. The molecule has 1 saturated carbocycles. The Morgan fingerprint density at radius 2 is 2.18 bits per heavy atom. The van der Waals surface area contributed by atoms with Gasteiger partial charge >= 0.3 is 0 Å². The van der Waals surface area contributed by atoms with Crippen LogP contribution in [-0.4, -0.2) is 12.0 Å². The van der Waals surface area contributed by atoms with E-state index < -0.39 is 0 Å². The Kier molecular flexibility index (Phi) is 6.39. The van der Waals surface area contributed by atoms with Crippen LogP contribution in [0.15, 0.2) is 27.8 Å². The fraction of sp³-hybridized carbons (Fsp3) is 0.583. The first-order valence-corrected chi connectivity index (χ1v) is 5.93. The van der Waals surface area contributed by atoms with Crippen LogP contribution in [0.5, 0.6) is 0 Å². The third-order valence-electron chi connectivity index (χ3n) is 2.94. The average molecular weight is 349 g/mol. The van der Waals surface area contributed by atoms with Crippen molar-refractivity contribution >= 4 is 29.9 Å². The summed E-state index contributed by atoms with van der Waals surface area (Å²) in [5.74, 6) is 1.37. The summed E-state index contributed by atoms with van der Waals surface area (Å²) in [6.07, 6.45) is 8.00. The van der Waals surface area contributed by atoms with Gasteiger partial charge in [-0.25, -0.2) is 4.99 Å². The lowest BCUT2D eigenvalue weighted by atomic mass is 9.96. The normalized spacial score (nSPS) is 17.5. The second kappa shape index (κ2) is 7.58. The maximum Gasteiger partial charge on any atom is 0.189 e. The Balaban J connectivity index is 0.00000144. The van der Waals surface area contributed by atoms with Gasteiger partial charge in [-0.05, 0) is 25.0 Å². The average Bonchev–Trinajstić information content (AvgIpc) is 2.81. The van der Waals surface area contributed by atoms with Crippen LogP contribution >= 0.6 is 24.0 Å². The van der Waals surface area contributed by atoms with Gasteiger partial charge in [0, 0.05) is 6.04 Å². The maximum atomic E-state index is 5.82. The summed E-state index contributed by atoms with van der Waals surface area (Å²) >= 11 is 0. The van der Waals surface area contributed by atoms with E-state index in [2.05, 4.69) is 10.3 Å². The number of nitrogens with one attached hydrogen (secondary N) is 1. The van der Waals surface area contributed by atoms with Crippen molar-refractivity contribution in [3.63, 3.8) is 0 Å². The molecule has 1 aromatic heterocycles. The number of guanidine groups is 1. The number of nitrogens with zero attached hydrogens (tertiary/aromatic N) is 1. The van der Waals surface area contributed by atoms with Crippen LogP contribution in [0.2, 0.25) is 0 Å². The van der Waals surface area contributed by atoms with Gasteiger partial charge in [0.15, 0.2) is 5.96 Å². The summed E-state index contributed by atoms with van der Waals surface area (Å²) in [4.78, 5) is 4.25. The molecular weight excluding hydrogens is 329 g/mol. The van der Waals surface area contributed by atoms with Gasteiger partial charge in [0.1, 0.15) is 12.3 Å². The van der Waals surface area contributed by atoms with Gasteiger partial charge in [-0.2, -0.15) is 0 Å². The van der Waals surface area contributed by atoms with Crippen LogP contribution in [0.3, 0.4) is 0 Å². The van der Waals surface area contributed by atoms with E-state index in [0.717, 1.165) is 5.76 Å². The molecule has 17 heavy (non-hydrogen) atoms. The quantitative estimate of drug-likeness (QED) is 0.501. The zero-order valence-electron chi connectivity index (χ0n) is 9.89. The third kappa shape index (κ3) is 4.97. The molecule has 0 amide bonds. The number of nitrogens with two attached hydrogens (primary N) is 1. The van der Waals surface area contributed by atoms with Crippen molar-refractivity contribution in [1.29, 1.82) is 0 Å². The fourth-order valence-electron chi connectivity index (χ4n) is 2.07. The minimum atomic E-state index is 0. The molecular formula is C12H20IN3O. The van der Waals surface area contributed by atoms with Gasteiger partial charge in [0.05, 0.1) is 6.26 Å². The van der Waals surface area contributed by atoms with Gasteiger partial charge in [-0.3, -0.25) is 0 Å². The Labute approximate surface area is 119 Å². The highest BCUT2D eigenvalue weighted by molar-refractivity contribution is 14.0. The van der Waals surface area contributed by atoms with Gasteiger partial charge in [0.25, 0.3) is 0 Å². The predicted molar refractivity (Wildman–Crippen MR) is 79.5 cm³/mol. The lowest BCUT2D eigenvalue weighted by Crippen LogP contribution is -2.41. The molecule has 0 bridgehead atoms. The lowest BCUT2D eigenvalue weighted by Gasteiger charge is -2.23. The van der Waals surface area contributed by atoms with Crippen molar-refractivity contribution < 1.29 is 4.42 Å². The Morgan fingerprint density at radius 1 is 1.41 bits per heavy atom. The lowest BCUT2D eigenvalue weighted by molar-refractivity contribution is 0.412. The summed E-state index contributed by atoms with van der Waals surface area (Å²) in [6.45, 7) is 0.512. The fourth-order valence-corrected chi connectivity index (χ4v) is 2.07. The molecule has 0 radical (unpaired) electrons. The van der Waals surface area contributed by atoms with E-state index in [9.17, 15) is 0 Å². The highest BCUT2D eigenvalue weighted by Crippen LogP contribution is 2.17. The number of hydrogen-bond donors (Lipinski definition) is 2. The molecule has 1 heterocycles. The van der Waals surface area contributed by atoms with Gasteiger partial charge < -0.3 is 15.5 Å². The molecule has 0 aliphatic heterocycles. The monoisotopic (exact) mass is 349 g/mol. The SMILES string of the molecule is I.NC(=NCc1ccco1)NC1CCCCC1. The molecule has 0 unspecified atom stereocenters. The van der Waals surface area contributed by atoms with Crippen LogP contribution in [0, 0.1) is 0 Å². The highest BCUT2D eigenvalue weighted by Gasteiger charge is 2.13. The molecule has 5 heteroatoms. The van der Waals surface area contributed by atoms with Gasteiger partial charge in [0.2, 0.25) is 0 Å². The van der Waals surface area contributed by atoms with Crippen molar-refractivity contribution in [2.45, 2.75) is 44.7 Å². The van der Waals surface area contributed by atoms with E-state index in [1.807, 2.05) is 12.1 Å². The van der Waals surface area contributed by atoms with Crippen molar-refractivity contribution in [3.05, 3.63) is 24.2 Å². The van der Waals surface area contributed by atoms with Crippen LogP contribution in [0.25, 0.3) is 0 Å². The molecule has 1 aliphatic carbocycles. The number of aliphatic imine (C=N–C) groups is 1. The van der Waals surface area contributed by atoms with Crippen LogP contribution in [0.4, 0.5) is 0 Å². The van der Waals surface area contributed by atoms with E-state index in [4.69, 9.17) is 10.2 Å². The van der Waals surface area contributed by atoms with Crippen LogP contribution in [-0.2, 0) is 6.54 Å². The summed E-state index contributed by atoms with van der Waals surface area (Å²) in [5, 5.41) is 3.27. The topological polar surface area (TPSA) is 63.5 Å². The van der Waals surface area contributed by atoms with Crippen molar-refractivity contribution in [1.82, 2.24) is 5.32 Å². The van der Waals surface area contributed by atoms with E-state index in [1.54, 1.807) is 6.26 Å². The smallest absolute Gasteiger partial charge is 0.189 e. The third-order valence-corrected chi connectivity index (χ3v) is 2.94. The first-order valence-electron chi connectivity index (χ1n) is 5.93. The molecule has 0 atom stereocenters. The first kappa shape index (κ1) is 14.3. The number of halogens is 1. The minimum absolute atomic E-state index is 0. The molecule has 0 aromatic carbocycles. The minimum Gasteiger partial charge on any atom is -0.467 e. The van der Waals surface area contributed by atoms with Gasteiger partial charge in [-0.15, -0.1) is 24.0 Å². The Morgan fingerprint density at radius 3 is 2.82 bits per heavy atom. The first-order chi connectivity index (χ1) is 7.84. The van der Waals surface area contributed by atoms with E-state index in [1.165, 1.54) is 32.1 Å². The molecule has 0 saturated heterocycles. The standard InChI is InChI=1S/C12H19N3O.HI/c13-12(14-9-11-7-4-8-16-11)15-10-5-2-1-3-6-10;/h4,7-8,10H,1-3,5-6,9H2,(H3,13,14,15);1H. The molecule has 2 rings (SSSR count). The summed E-state index contributed by atoms with van der Waals surface area (Å²) in [6, 6.07) is 4.27. The van der Waals surface area contributed by atoms with Crippen molar-refractivity contribution in [2.24, 2.45) is 10.7 Å². The zero-order chi connectivity index (χ0) is 11.2. The van der Waals surface area contributed by atoms with E-state index in [0.29, 0.717) is 18.5 Å². The molecule has 4 nitrogen and oxygen atoms in total. The number of furan rings is 1. The predicted octanol–water partition coefficient (Wildman–Crippen LogP) is 2.63.